The molecule has 0 aliphatic carbocycles. The van der Waals surface area contributed by atoms with Crippen LogP contribution in [-0.4, -0.2) is 61.9 Å². The minimum Gasteiger partial charge on any atom is -0.462 e. The van der Waals surface area contributed by atoms with Crippen LogP contribution in [0.25, 0.3) is 0 Å². The number of ether oxygens (including phenoxy) is 5. The van der Waals surface area contributed by atoms with Gasteiger partial charge in [-0.25, -0.2) is 24.0 Å². The molecule has 0 aliphatic heterocycles. The number of hydrogen-bond donors (Lipinski definition) is 0. The molecule has 0 heterocycles. The first-order chi connectivity index (χ1) is 19.1. The average Bonchev–Trinajstić information content (AvgIpc) is 2.87. The highest BCUT2D eigenvalue weighted by atomic mass is 16.6. The SMILES string of the molecule is C=C(C)C(=O)OCC(C)(C)C(OC(=O)C(=C)C)C(C)C.C=C(C)C(=O)OCCC(COC(=O)C(=C)C)OC(=O)C(=C)C. The largest absolute Gasteiger partial charge is 0.462 e. The Kier molecular flexibility index (Phi) is 18.4. The first-order valence-corrected chi connectivity index (χ1v) is 13.3. The van der Waals surface area contributed by atoms with E-state index in [1.807, 2.05) is 27.7 Å². The third-order valence-electron chi connectivity index (χ3n) is 5.27. The molecule has 2 atom stereocenters. The van der Waals surface area contributed by atoms with Crippen LogP contribution in [-0.2, 0) is 47.7 Å². The van der Waals surface area contributed by atoms with Crippen LogP contribution in [0.1, 0.15) is 68.7 Å². The lowest BCUT2D eigenvalue weighted by Gasteiger charge is -2.36. The third-order valence-corrected chi connectivity index (χ3v) is 5.27. The van der Waals surface area contributed by atoms with Crippen molar-refractivity contribution in [2.45, 2.75) is 80.9 Å². The zero-order chi connectivity index (χ0) is 33.4. The molecule has 0 aromatic heterocycles. The number of carbonyl (C=O) groups is 5. The summed E-state index contributed by atoms with van der Waals surface area (Å²) in [6.07, 6.45) is -0.934. The van der Waals surface area contributed by atoms with Gasteiger partial charge in [-0.1, -0.05) is 60.6 Å². The zero-order valence-electron chi connectivity index (χ0n) is 26.7. The Balaban J connectivity index is 0. The summed E-state index contributed by atoms with van der Waals surface area (Å²) in [5.74, 6) is -2.51. The van der Waals surface area contributed by atoms with Crippen molar-refractivity contribution in [2.75, 3.05) is 19.8 Å². The fourth-order valence-electron chi connectivity index (χ4n) is 3.00. The van der Waals surface area contributed by atoms with Crippen molar-refractivity contribution in [3.63, 3.8) is 0 Å². The van der Waals surface area contributed by atoms with E-state index in [0.29, 0.717) is 11.1 Å². The molecule has 10 heteroatoms. The van der Waals surface area contributed by atoms with E-state index in [0.717, 1.165) is 0 Å². The molecule has 42 heavy (non-hydrogen) atoms. The lowest BCUT2D eigenvalue weighted by Crippen LogP contribution is -2.41. The second-order valence-corrected chi connectivity index (χ2v) is 11.1. The molecule has 0 spiro atoms. The van der Waals surface area contributed by atoms with E-state index in [4.69, 9.17) is 23.7 Å². The van der Waals surface area contributed by atoms with Crippen LogP contribution in [0, 0.1) is 11.3 Å². The molecule has 0 saturated heterocycles. The summed E-state index contributed by atoms with van der Waals surface area (Å²) in [6, 6.07) is 0. The van der Waals surface area contributed by atoms with Crippen LogP contribution in [0.3, 0.4) is 0 Å². The minimum atomic E-state index is -0.745. The van der Waals surface area contributed by atoms with Crippen LogP contribution in [0.2, 0.25) is 0 Å². The Morgan fingerprint density at radius 3 is 1.38 bits per heavy atom. The topological polar surface area (TPSA) is 132 Å². The zero-order valence-corrected chi connectivity index (χ0v) is 26.7. The molecule has 236 valence electrons. The molecule has 0 fully saturated rings. The normalized spacial score (nSPS) is 11.9. The first kappa shape index (κ1) is 40.2. The maximum Gasteiger partial charge on any atom is 0.333 e. The van der Waals surface area contributed by atoms with Crippen molar-refractivity contribution in [1.29, 1.82) is 0 Å². The van der Waals surface area contributed by atoms with E-state index in [1.165, 1.54) is 20.8 Å². The average molecular weight is 593 g/mol. The van der Waals surface area contributed by atoms with Crippen molar-refractivity contribution in [2.24, 2.45) is 11.3 Å². The molecule has 2 unspecified atom stereocenters. The lowest BCUT2D eigenvalue weighted by atomic mass is 9.81. The summed E-state index contributed by atoms with van der Waals surface area (Å²) >= 11 is 0. The summed E-state index contributed by atoms with van der Waals surface area (Å²) in [5.41, 5.74) is 0.925. The van der Waals surface area contributed by atoms with Crippen LogP contribution in [0.5, 0.6) is 0 Å². The van der Waals surface area contributed by atoms with Gasteiger partial charge in [-0.15, -0.1) is 0 Å². The molecule has 0 aromatic carbocycles. The third kappa shape index (κ3) is 17.0. The Hall–Kier alpha value is -3.95. The highest BCUT2D eigenvalue weighted by Gasteiger charge is 2.36. The number of carbonyl (C=O) groups excluding carboxylic acids is 5. The van der Waals surface area contributed by atoms with Gasteiger partial charge in [0.25, 0.3) is 0 Å². The molecular formula is C32H48O10. The summed E-state index contributed by atoms with van der Waals surface area (Å²) in [5, 5.41) is 0. The molecule has 0 saturated carbocycles. The molecule has 0 aliphatic rings. The molecule has 0 rings (SSSR count). The molecule has 0 N–H and O–H groups in total. The van der Waals surface area contributed by atoms with Gasteiger partial charge in [0.2, 0.25) is 0 Å². The van der Waals surface area contributed by atoms with Crippen LogP contribution in [0.4, 0.5) is 0 Å². The molecule has 0 bridgehead atoms. The Labute approximate surface area is 250 Å². The molecule has 0 aromatic rings. The smallest absolute Gasteiger partial charge is 0.333 e. The summed E-state index contributed by atoms with van der Waals surface area (Å²) in [6.45, 7) is 32.9. The monoisotopic (exact) mass is 592 g/mol. The standard InChI is InChI=1S/C16H22O6.C16H26O4/c1-10(2)14(17)20-8-7-13(22-16(19)12(5)6)9-21-15(18)11(3)4;1-10(2)13(20-15(18)12(5)6)16(7,8)9-19-14(17)11(3)4/h13H,1,3,5,7-9H2,2,4,6H3;10,13H,3,5,9H2,1-2,4,6-8H3. The molecular weight excluding hydrogens is 544 g/mol. The predicted octanol–water partition coefficient (Wildman–Crippen LogP) is 5.38. The Bertz CT molecular complexity index is 1060. The maximum atomic E-state index is 11.7. The molecule has 0 amide bonds. The van der Waals surface area contributed by atoms with Crippen molar-refractivity contribution in [3.05, 3.63) is 60.8 Å². The van der Waals surface area contributed by atoms with E-state index < -0.39 is 41.4 Å². The van der Waals surface area contributed by atoms with Gasteiger partial charge in [0.15, 0.2) is 0 Å². The van der Waals surface area contributed by atoms with Crippen molar-refractivity contribution < 1.29 is 47.7 Å². The van der Waals surface area contributed by atoms with E-state index in [-0.39, 0.29) is 55.0 Å². The number of rotatable bonds is 16. The Morgan fingerprint density at radius 2 is 0.976 bits per heavy atom. The van der Waals surface area contributed by atoms with Crippen LogP contribution in [0.15, 0.2) is 60.8 Å². The van der Waals surface area contributed by atoms with Crippen molar-refractivity contribution >= 4 is 29.8 Å². The van der Waals surface area contributed by atoms with E-state index in [2.05, 4.69) is 32.9 Å². The van der Waals surface area contributed by atoms with Gasteiger partial charge in [0.1, 0.15) is 25.4 Å². The van der Waals surface area contributed by atoms with Gasteiger partial charge in [-0.2, -0.15) is 0 Å². The second kappa shape index (κ2) is 19.2. The highest BCUT2D eigenvalue weighted by molar-refractivity contribution is 5.88. The van der Waals surface area contributed by atoms with Gasteiger partial charge in [-0.05, 0) is 40.5 Å². The summed E-state index contributed by atoms with van der Waals surface area (Å²) in [4.78, 5) is 57.3. The number of hydrogen-bond acceptors (Lipinski definition) is 10. The molecule has 0 radical (unpaired) electrons. The highest BCUT2D eigenvalue weighted by Crippen LogP contribution is 2.30. The minimum absolute atomic E-state index is 0.00442. The van der Waals surface area contributed by atoms with Crippen LogP contribution >= 0.6 is 0 Å². The van der Waals surface area contributed by atoms with E-state index in [1.54, 1.807) is 13.8 Å². The second-order valence-electron chi connectivity index (χ2n) is 11.1. The maximum absolute atomic E-state index is 11.7. The van der Waals surface area contributed by atoms with Gasteiger partial charge in [0, 0.05) is 39.7 Å². The van der Waals surface area contributed by atoms with E-state index >= 15 is 0 Å². The summed E-state index contributed by atoms with van der Waals surface area (Å²) < 4.78 is 25.7. The Morgan fingerprint density at radius 1 is 0.595 bits per heavy atom. The van der Waals surface area contributed by atoms with Crippen molar-refractivity contribution in [3.8, 4) is 0 Å². The van der Waals surface area contributed by atoms with Gasteiger partial charge in [0.05, 0.1) is 6.61 Å². The fourth-order valence-corrected chi connectivity index (χ4v) is 3.00. The van der Waals surface area contributed by atoms with Crippen LogP contribution < -0.4 is 0 Å². The van der Waals surface area contributed by atoms with E-state index in [9.17, 15) is 24.0 Å². The van der Waals surface area contributed by atoms with Gasteiger partial charge in [-0.3, -0.25) is 0 Å². The van der Waals surface area contributed by atoms with Gasteiger partial charge >= 0.3 is 29.8 Å². The fraction of sp³-hybridized carbons (Fsp3) is 0.531. The predicted molar refractivity (Wildman–Crippen MR) is 160 cm³/mol. The lowest BCUT2D eigenvalue weighted by molar-refractivity contribution is -0.160. The van der Waals surface area contributed by atoms with Gasteiger partial charge < -0.3 is 23.7 Å². The quantitative estimate of drug-likeness (QED) is 0.131. The molecule has 10 nitrogen and oxygen atoms in total. The summed E-state index contributed by atoms with van der Waals surface area (Å²) in [7, 11) is 0. The first-order valence-electron chi connectivity index (χ1n) is 13.3. The number of esters is 5. The van der Waals surface area contributed by atoms with Crippen molar-refractivity contribution in [1.82, 2.24) is 0 Å².